The molecular weight excluding hydrogens is 338 g/mol. The van der Waals surface area contributed by atoms with Gasteiger partial charge in [0.1, 0.15) is 5.75 Å². The minimum absolute atomic E-state index is 0.0920. The van der Waals surface area contributed by atoms with Gasteiger partial charge in [0.25, 0.3) is 5.91 Å². The molecule has 0 atom stereocenters. The Labute approximate surface area is 151 Å². The highest BCUT2D eigenvalue weighted by Gasteiger charge is 2.34. The number of carbonyl (C=O) groups excluding carboxylic acids is 1. The number of thiocarbonyl (C=S) groups is 1. The molecule has 2 aromatic rings. The third-order valence-electron chi connectivity index (χ3n) is 3.66. The van der Waals surface area contributed by atoms with Crippen molar-refractivity contribution >= 4 is 46.0 Å². The van der Waals surface area contributed by atoms with Crippen molar-refractivity contribution in [1.29, 1.82) is 0 Å². The molecule has 0 bridgehead atoms. The Hall–Kier alpha value is -2.11. The fraction of sp³-hybridized carbons (Fsp3) is 0.158. The summed E-state index contributed by atoms with van der Waals surface area (Å²) < 4.78 is 6.18. The lowest BCUT2D eigenvalue weighted by molar-refractivity contribution is -0.113. The lowest BCUT2D eigenvalue weighted by Gasteiger charge is -2.16. The summed E-state index contributed by atoms with van der Waals surface area (Å²) in [4.78, 5) is 15.1. The maximum Gasteiger partial charge on any atom is 0.270 e. The highest BCUT2D eigenvalue weighted by molar-refractivity contribution is 8.27. The van der Waals surface area contributed by atoms with Crippen molar-refractivity contribution in [1.82, 2.24) is 0 Å². The van der Waals surface area contributed by atoms with Crippen molar-refractivity contribution < 1.29 is 9.53 Å². The predicted molar refractivity (Wildman–Crippen MR) is 104 cm³/mol. The first-order valence-corrected chi connectivity index (χ1v) is 8.89. The smallest absolute Gasteiger partial charge is 0.270 e. The summed E-state index contributed by atoms with van der Waals surface area (Å²) in [6.45, 7) is 4.49. The number of ether oxygens (including phenoxy) is 1. The van der Waals surface area contributed by atoms with E-state index >= 15 is 0 Å². The van der Waals surface area contributed by atoms with E-state index < -0.39 is 0 Å². The molecule has 3 rings (SSSR count). The lowest BCUT2D eigenvalue weighted by atomic mass is 10.1. The number of rotatable bonds is 4. The van der Waals surface area contributed by atoms with Crippen LogP contribution in [-0.4, -0.2) is 16.8 Å². The number of hydrogen-bond donors (Lipinski definition) is 0. The number of amides is 1. The van der Waals surface area contributed by atoms with Crippen LogP contribution in [0.4, 0.5) is 5.69 Å². The number of benzene rings is 2. The van der Waals surface area contributed by atoms with E-state index in [1.807, 2.05) is 68.5 Å². The molecule has 0 radical (unpaired) electrons. The maximum absolute atomic E-state index is 12.9. The number of hydrogen-bond acceptors (Lipinski definition) is 4. The molecule has 1 aliphatic heterocycles. The van der Waals surface area contributed by atoms with Crippen LogP contribution in [0.15, 0.2) is 53.4 Å². The van der Waals surface area contributed by atoms with Gasteiger partial charge in [-0.25, -0.2) is 0 Å². The number of aryl methyl sites for hydroxylation is 1. The summed E-state index contributed by atoms with van der Waals surface area (Å²) in [6, 6.07) is 15.4. The monoisotopic (exact) mass is 355 g/mol. The Morgan fingerprint density at radius 1 is 1.17 bits per heavy atom. The molecule has 0 N–H and O–H groups in total. The number of anilines is 1. The molecule has 5 heteroatoms. The predicted octanol–water partition coefficient (Wildman–Crippen LogP) is 4.80. The second kappa shape index (κ2) is 7.20. The van der Waals surface area contributed by atoms with Gasteiger partial charge in [0.05, 0.1) is 17.2 Å². The van der Waals surface area contributed by atoms with Gasteiger partial charge in [-0.2, -0.15) is 0 Å². The van der Waals surface area contributed by atoms with Crippen molar-refractivity contribution in [3.05, 3.63) is 64.6 Å². The quantitative estimate of drug-likeness (QED) is 0.582. The second-order valence-electron chi connectivity index (χ2n) is 5.27. The lowest BCUT2D eigenvalue weighted by Crippen LogP contribution is -2.28. The molecule has 3 nitrogen and oxygen atoms in total. The molecule has 1 saturated heterocycles. The zero-order valence-corrected chi connectivity index (χ0v) is 15.1. The maximum atomic E-state index is 12.9. The zero-order chi connectivity index (χ0) is 17.1. The largest absolute Gasteiger partial charge is 0.493 e. The molecule has 0 aliphatic carbocycles. The molecule has 1 amide bonds. The van der Waals surface area contributed by atoms with Gasteiger partial charge in [0.2, 0.25) is 0 Å². The molecule has 0 unspecified atom stereocenters. The minimum atomic E-state index is -0.0920. The van der Waals surface area contributed by atoms with Gasteiger partial charge in [-0.1, -0.05) is 60.4 Å². The van der Waals surface area contributed by atoms with Crippen LogP contribution in [0.2, 0.25) is 0 Å². The molecule has 2 aromatic carbocycles. The zero-order valence-electron chi connectivity index (χ0n) is 13.5. The van der Waals surface area contributed by atoms with Crippen molar-refractivity contribution in [2.75, 3.05) is 11.5 Å². The first-order valence-electron chi connectivity index (χ1n) is 7.67. The van der Waals surface area contributed by atoms with Crippen LogP contribution in [0.3, 0.4) is 0 Å². The first-order chi connectivity index (χ1) is 11.6. The minimum Gasteiger partial charge on any atom is -0.493 e. The van der Waals surface area contributed by atoms with Crippen molar-refractivity contribution in [3.8, 4) is 5.75 Å². The van der Waals surface area contributed by atoms with Gasteiger partial charge < -0.3 is 4.74 Å². The molecule has 1 heterocycles. The average molecular weight is 355 g/mol. The Morgan fingerprint density at radius 3 is 2.62 bits per heavy atom. The van der Waals surface area contributed by atoms with Crippen molar-refractivity contribution in [2.45, 2.75) is 13.8 Å². The van der Waals surface area contributed by atoms with Crippen LogP contribution < -0.4 is 9.64 Å². The van der Waals surface area contributed by atoms with E-state index in [2.05, 4.69) is 0 Å². The van der Waals surface area contributed by atoms with E-state index in [-0.39, 0.29) is 5.91 Å². The van der Waals surface area contributed by atoms with E-state index in [1.54, 1.807) is 4.90 Å². The number of nitrogens with zero attached hydrogens (tertiary/aromatic N) is 1. The molecule has 1 aliphatic rings. The van der Waals surface area contributed by atoms with E-state index in [0.717, 1.165) is 22.6 Å². The van der Waals surface area contributed by atoms with E-state index in [0.29, 0.717) is 15.8 Å². The van der Waals surface area contributed by atoms with Crippen LogP contribution in [-0.2, 0) is 4.79 Å². The normalized spacial score (nSPS) is 16.1. The Balaban J connectivity index is 1.96. The van der Waals surface area contributed by atoms with Gasteiger partial charge in [-0.3, -0.25) is 9.69 Å². The summed E-state index contributed by atoms with van der Waals surface area (Å²) in [6.07, 6.45) is 1.85. The van der Waals surface area contributed by atoms with Crippen molar-refractivity contribution in [3.63, 3.8) is 0 Å². The SMILES string of the molecule is CCOc1ccccc1/C=C1\SC(=S)N(c2ccccc2C)C1=O. The summed E-state index contributed by atoms with van der Waals surface area (Å²) in [7, 11) is 0. The summed E-state index contributed by atoms with van der Waals surface area (Å²) in [5, 5.41) is 0. The molecule has 0 spiro atoms. The van der Waals surface area contributed by atoms with Crippen LogP contribution in [0.5, 0.6) is 5.75 Å². The topological polar surface area (TPSA) is 29.5 Å². The van der Waals surface area contributed by atoms with E-state index in [1.165, 1.54) is 11.8 Å². The van der Waals surface area contributed by atoms with Gasteiger partial charge in [-0.15, -0.1) is 0 Å². The van der Waals surface area contributed by atoms with Crippen LogP contribution in [0.1, 0.15) is 18.1 Å². The molecule has 0 aromatic heterocycles. The fourth-order valence-corrected chi connectivity index (χ4v) is 3.79. The number of para-hydroxylation sites is 2. The third-order valence-corrected chi connectivity index (χ3v) is 4.96. The summed E-state index contributed by atoms with van der Waals surface area (Å²) in [5.41, 5.74) is 2.73. The van der Waals surface area contributed by atoms with Gasteiger partial charge in [0, 0.05) is 5.56 Å². The molecule has 24 heavy (non-hydrogen) atoms. The number of thioether (sulfide) groups is 1. The molecule has 122 valence electrons. The highest BCUT2D eigenvalue weighted by Crippen LogP contribution is 2.38. The second-order valence-corrected chi connectivity index (χ2v) is 6.95. The van der Waals surface area contributed by atoms with Crippen LogP contribution in [0.25, 0.3) is 6.08 Å². The Morgan fingerprint density at radius 2 is 1.88 bits per heavy atom. The van der Waals surface area contributed by atoms with Gasteiger partial charge in [0.15, 0.2) is 4.32 Å². The van der Waals surface area contributed by atoms with Crippen molar-refractivity contribution in [2.24, 2.45) is 0 Å². The van der Waals surface area contributed by atoms with Gasteiger partial charge in [-0.05, 0) is 37.6 Å². The van der Waals surface area contributed by atoms with Gasteiger partial charge >= 0.3 is 0 Å². The van der Waals surface area contributed by atoms with Crippen LogP contribution >= 0.6 is 24.0 Å². The van der Waals surface area contributed by atoms with E-state index in [4.69, 9.17) is 17.0 Å². The average Bonchev–Trinajstić information content (AvgIpc) is 2.84. The summed E-state index contributed by atoms with van der Waals surface area (Å²) in [5.74, 6) is 0.673. The first kappa shape index (κ1) is 16.7. The highest BCUT2D eigenvalue weighted by atomic mass is 32.2. The number of carbonyl (C=O) groups is 1. The third kappa shape index (κ3) is 3.23. The van der Waals surface area contributed by atoms with Crippen LogP contribution in [0, 0.1) is 6.92 Å². The summed E-state index contributed by atoms with van der Waals surface area (Å²) >= 11 is 6.75. The molecule has 0 saturated carbocycles. The molecule has 1 fully saturated rings. The Kier molecular flexibility index (Phi) is 5.02. The molecular formula is C19H17NO2S2. The fourth-order valence-electron chi connectivity index (χ4n) is 2.52. The Bertz CT molecular complexity index is 830. The van der Waals surface area contributed by atoms with E-state index in [9.17, 15) is 4.79 Å². The standard InChI is InChI=1S/C19H17NO2S2/c1-3-22-16-11-7-5-9-14(16)12-17-18(21)20(19(23)24-17)15-10-6-4-8-13(15)2/h4-12H,3H2,1-2H3/b17-12-.